The van der Waals surface area contributed by atoms with Gasteiger partial charge in [0, 0.05) is 31.7 Å². The minimum Gasteiger partial charge on any atom is -0.481 e. The molecule has 1 amide bonds. The van der Waals surface area contributed by atoms with E-state index in [0.717, 1.165) is 67.2 Å². The van der Waals surface area contributed by atoms with Crippen molar-refractivity contribution in [1.82, 2.24) is 5.32 Å². The van der Waals surface area contributed by atoms with Gasteiger partial charge in [-0.2, -0.15) is 0 Å². The molecule has 0 bridgehead atoms. The van der Waals surface area contributed by atoms with Crippen LogP contribution in [-0.2, 0) is 23.9 Å². The highest BCUT2D eigenvalue weighted by Crippen LogP contribution is 2.44. The molecule has 2 N–H and O–H groups in total. The Bertz CT molecular complexity index is 1250. The molecule has 0 heterocycles. The molecule has 8 heteroatoms. The number of ketones is 1. The minimum absolute atomic E-state index is 0.0791. The topological polar surface area (TPSA) is 119 Å². The van der Waals surface area contributed by atoms with Gasteiger partial charge in [0.2, 0.25) is 0 Å². The van der Waals surface area contributed by atoms with Crippen LogP contribution >= 0.6 is 0 Å². The first kappa shape index (κ1) is 37.8. The number of carbonyl (C=O) groups excluding carboxylic acids is 3. The van der Waals surface area contributed by atoms with Gasteiger partial charge in [0.1, 0.15) is 18.0 Å². The quantitative estimate of drug-likeness (QED) is 0.0965. The third-order valence-electron chi connectivity index (χ3n) is 8.67. The number of alkyl carbamates (subject to hydrolysis) is 1. The van der Waals surface area contributed by atoms with Gasteiger partial charge < -0.3 is 19.9 Å². The third kappa shape index (κ3) is 13.9. The molecule has 1 aliphatic carbocycles. The molecule has 47 heavy (non-hydrogen) atoms. The average Bonchev–Trinajstić information content (AvgIpc) is 3.34. The Morgan fingerprint density at radius 3 is 1.68 bits per heavy atom. The van der Waals surface area contributed by atoms with Gasteiger partial charge in [-0.05, 0) is 55.9 Å². The summed E-state index contributed by atoms with van der Waals surface area (Å²) in [6.45, 7) is 5.68. The lowest BCUT2D eigenvalue weighted by Gasteiger charge is -2.19. The fraction of sp³-hybridized carbons (Fsp3) is 0.590. The highest BCUT2D eigenvalue weighted by Gasteiger charge is 2.29. The van der Waals surface area contributed by atoms with Gasteiger partial charge in [-0.3, -0.25) is 14.4 Å². The summed E-state index contributed by atoms with van der Waals surface area (Å²) in [6, 6.07) is 16.1. The number of carboxylic acids is 1. The van der Waals surface area contributed by atoms with E-state index >= 15 is 0 Å². The van der Waals surface area contributed by atoms with Crippen molar-refractivity contribution in [2.45, 2.75) is 129 Å². The molecule has 0 radical (unpaired) electrons. The first-order valence-corrected chi connectivity index (χ1v) is 17.6. The van der Waals surface area contributed by atoms with Crippen molar-refractivity contribution in [3.8, 4) is 11.1 Å². The molecule has 1 atom stereocenters. The Kier molecular flexibility index (Phi) is 16.0. The van der Waals surface area contributed by atoms with Gasteiger partial charge in [0.25, 0.3) is 0 Å². The molecule has 258 valence electrons. The number of benzene rings is 2. The lowest BCUT2D eigenvalue weighted by atomic mass is 9.98. The number of carboxylic acid groups (broad SMARTS) is 1. The number of ether oxygens (including phenoxy) is 2. The second-order valence-electron chi connectivity index (χ2n) is 13.8. The van der Waals surface area contributed by atoms with E-state index in [-0.39, 0.29) is 37.2 Å². The highest BCUT2D eigenvalue weighted by molar-refractivity contribution is 5.84. The van der Waals surface area contributed by atoms with Gasteiger partial charge in [-0.1, -0.05) is 113 Å². The molecular weight excluding hydrogens is 594 g/mol. The molecule has 3 rings (SSSR count). The Balaban J connectivity index is 1.19. The zero-order chi connectivity index (χ0) is 34.1. The van der Waals surface area contributed by atoms with Crippen molar-refractivity contribution in [2.75, 3.05) is 13.2 Å². The molecule has 2 aromatic rings. The van der Waals surface area contributed by atoms with Crippen molar-refractivity contribution in [2.24, 2.45) is 5.92 Å². The molecule has 0 unspecified atom stereocenters. The van der Waals surface area contributed by atoms with Crippen LogP contribution < -0.4 is 5.32 Å². The maximum absolute atomic E-state index is 12.5. The first-order chi connectivity index (χ1) is 22.5. The molecule has 0 fully saturated rings. The number of hydrogen-bond acceptors (Lipinski definition) is 6. The maximum atomic E-state index is 12.5. The summed E-state index contributed by atoms with van der Waals surface area (Å²) in [5.41, 5.74) is 4.07. The van der Waals surface area contributed by atoms with E-state index in [2.05, 4.69) is 17.4 Å². The van der Waals surface area contributed by atoms with Crippen LogP contribution in [0, 0.1) is 5.92 Å². The van der Waals surface area contributed by atoms with Crippen LogP contribution in [0.1, 0.15) is 134 Å². The monoisotopic (exact) mass is 649 g/mol. The molecule has 0 saturated heterocycles. The predicted molar refractivity (Wildman–Crippen MR) is 184 cm³/mol. The van der Waals surface area contributed by atoms with Crippen LogP contribution in [0.2, 0.25) is 0 Å². The van der Waals surface area contributed by atoms with Crippen LogP contribution in [0.3, 0.4) is 0 Å². The Labute approximate surface area is 281 Å². The van der Waals surface area contributed by atoms with Crippen molar-refractivity contribution in [1.29, 1.82) is 0 Å². The van der Waals surface area contributed by atoms with Crippen LogP contribution in [0.5, 0.6) is 0 Å². The van der Waals surface area contributed by atoms with Crippen LogP contribution in [0.15, 0.2) is 48.5 Å². The van der Waals surface area contributed by atoms with Gasteiger partial charge in [0.15, 0.2) is 0 Å². The standard InChI is InChI=1S/C39H55NO7/c1-39(2,3)47-36(42)25-15-13-11-9-7-5-4-6-8-10-12-14-20-30(41)26-29(37(43)44)27-40-38(45)46-28-35-33-23-18-16-21-31(33)32-22-17-19-24-34(32)35/h16-19,21-24,29,35H,4-15,20,25-28H2,1-3H3,(H,40,45)(H,43,44)/t29-/m0/s1. The summed E-state index contributed by atoms with van der Waals surface area (Å²) in [5, 5.41) is 12.2. The minimum atomic E-state index is -1.10. The number of amides is 1. The fourth-order valence-electron chi connectivity index (χ4n) is 6.23. The van der Waals surface area contributed by atoms with E-state index < -0.39 is 23.6 Å². The summed E-state index contributed by atoms with van der Waals surface area (Å²) in [5.74, 6) is -2.35. The van der Waals surface area contributed by atoms with Crippen molar-refractivity contribution >= 4 is 23.8 Å². The lowest BCUT2D eigenvalue weighted by Crippen LogP contribution is -2.35. The van der Waals surface area contributed by atoms with Gasteiger partial charge in [0.05, 0.1) is 5.92 Å². The van der Waals surface area contributed by atoms with E-state index in [0.29, 0.717) is 12.8 Å². The number of hydrogen-bond donors (Lipinski definition) is 2. The lowest BCUT2D eigenvalue weighted by molar-refractivity contribution is -0.155. The van der Waals surface area contributed by atoms with Crippen molar-refractivity contribution < 1.29 is 33.8 Å². The number of nitrogens with one attached hydrogen (secondary N) is 1. The Morgan fingerprint density at radius 1 is 0.723 bits per heavy atom. The first-order valence-electron chi connectivity index (χ1n) is 17.6. The smallest absolute Gasteiger partial charge is 0.407 e. The zero-order valence-corrected chi connectivity index (χ0v) is 28.7. The van der Waals surface area contributed by atoms with Gasteiger partial charge in [-0.15, -0.1) is 0 Å². The average molecular weight is 650 g/mol. The fourth-order valence-corrected chi connectivity index (χ4v) is 6.23. The van der Waals surface area contributed by atoms with Crippen molar-refractivity contribution in [3.63, 3.8) is 0 Å². The Morgan fingerprint density at radius 2 is 1.19 bits per heavy atom. The second kappa shape index (κ2) is 19.9. The van der Waals surface area contributed by atoms with E-state index in [9.17, 15) is 24.3 Å². The summed E-state index contributed by atoms with van der Waals surface area (Å²) < 4.78 is 10.8. The zero-order valence-electron chi connectivity index (χ0n) is 28.7. The van der Waals surface area contributed by atoms with Gasteiger partial charge in [-0.25, -0.2) is 4.79 Å². The van der Waals surface area contributed by atoms with Crippen LogP contribution in [0.4, 0.5) is 4.79 Å². The largest absolute Gasteiger partial charge is 0.481 e. The molecule has 8 nitrogen and oxygen atoms in total. The Hall–Kier alpha value is -3.68. The van der Waals surface area contributed by atoms with Crippen LogP contribution in [0.25, 0.3) is 11.1 Å². The second-order valence-corrected chi connectivity index (χ2v) is 13.8. The number of aliphatic carboxylic acids is 1. The molecule has 0 aromatic heterocycles. The molecule has 2 aromatic carbocycles. The summed E-state index contributed by atoms with van der Waals surface area (Å²) in [6.07, 6.45) is 13.2. The molecule has 0 spiro atoms. The number of rotatable bonds is 22. The number of unbranched alkanes of at least 4 members (excludes halogenated alkanes) is 11. The number of fused-ring (bicyclic) bond motifs is 3. The normalized spacial score (nSPS) is 13.0. The van der Waals surface area contributed by atoms with Crippen LogP contribution in [-0.4, -0.2) is 47.7 Å². The SMILES string of the molecule is CC(C)(C)OC(=O)CCCCCCCCCCCCCCC(=O)C[C@@H](CNC(=O)OCC1c2ccccc2-c2ccccc21)C(=O)O. The van der Waals surface area contributed by atoms with E-state index in [1.54, 1.807) is 0 Å². The summed E-state index contributed by atoms with van der Waals surface area (Å²) in [4.78, 5) is 48.5. The number of esters is 1. The van der Waals surface area contributed by atoms with E-state index in [1.807, 2.05) is 57.2 Å². The molecule has 1 aliphatic rings. The van der Waals surface area contributed by atoms with Crippen molar-refractivity contribution in [3.05, 3.63) is 59.7 Å². The van der Waals surface area contributed by atoms with Gasteiger partial charge >= 0.3 is 18.0 Å². The molecular formula is C39H55NO7. The maximum Gasteiger partial charge on any atom is 0.407 e. The molecule has 0 aliphatic heterocycles. The van der Waals surface area contributed by atoms with E-state index in [4.69, 9.17) is 9.47 Å². The highest BCUT2D eigenvalue weighted by atomic mass is 16.6. The number of carbonyl (C=O) groups is 4. The number of Topliss-reactive ketones (excluding diaryl/α,β-unsaturated/α-hetero) is 1. The predicted octanol–water partition coefficient (Wildman–Crippen LogP) is 8.99. The van der Waals surface area contributed by atoms with E-state index in [1.165, 1.54) is 32.1 Å². The summed E-state index contributed by atoms with van der Waals surface area (Å²) in [7, 11) is 0. The molecule has 0 saturated carbocycles. The summed E-state index contributed by atoms with van der Waals surface area (Å²) >= 11 is 0. The third-order valence-corrected chi connectivity index (χ3v) is 8.67.